The molecule has 0 atom stereocenters. The van der Waals surface area contributed by atoms with Crippen LogP contribution in [0.4, 0.5) is 5.69 Å². The number of aromatic nitrogens is 2. The molecule has 0 saturated carbocycles. The number of nitrogens with one attached hydrogen (secondary N) is 1. The number of benzene rings is 1. The molecule has 1 heterocycles. The van der Waals surface area contributed by atoms with E-state index in [1.165, 1.54) is 4.68 Å². The fraction of sp³-hybridized carbons (Fsp3) is 0.267. The van der Waals surface area contributed by atoms with Crippen molar-refractivity contribution in [2.45, 2.75) is 26.4 Å². The fourth-order valence-corrected chi connectivity index (χ4v) is 2.12. The molecule has 2 rings (SSSR count). The summed E-state index contributed by atoms with van der Waals surface area (Å²) in [7, 11) is 0. The highest BCUT2D eigenvalue weighted by atomic mass is 35.5. The predicted molar refractivity (Wildman–Crippen MR) is 82.3 cm³/mol. The second-order valence-corrected chi connectivity index (χ2v) is 4.94. The van der Waals surface area contributed by atoms with Crippen LogP contribution in [0.3, 0.4) is 0 Å². The first kappa shape index (κ1) is 15.1. The van der Waals surface area contributed by atoms with Crippen molar-refractivity contribution in [3.63, 3.8) is 0 Å². The molecule has 0 fully saturated rings. The number of halogens is 1. The summed E-state index contributed by atoms with van der Waals surface area (Å²) < 4.78 is 1.35. The maximum absolute atomic E-state index is 12.0. The van der Waals surface area contributed by atoms with Crippen molar-refractivity contribution in [3.05, 3.63) is 57.0 Å². The average Bonchev–Trinajstić information content (AvgIpc) is 2.51. The summed E-state index contributed by atoms with van der Waals surface area (Å²) in [5.41, 5.74) is 1.73. The normalized spacial score (nSPS) is 10.1. The maximum atomic E-state index is 12.0. The second kappa shape index (κ2) is 6.91. The molecule has 0 aliphatic heterocycles. The Morgan fingerprint density at radius 1 is 1.48 bits per heavy atom. The molecule has 5 nitrogen and oxygen atoms in total. The standard InChI is InChI=1S/C15H15ClN4O/c1-2-6-20-15(21)14(16)13(10-19-20)18-9-12-5-3-4-11(7-12)8-17/h3-5,7,10,18H,2,6,9H2,1H3. The zero-order valence-corrected chi connectivity index (χ0v) is 12.4. The smallest absolute Gasteiger partial charge is 0.287 e. The monoisotopic (exact) mass is 302 g/mol. The topological polar surface area (TPSA) is 70.7 Å². The van der Waals surface area contributed by atoms with Gasteiger partial charge in [-0.2, -0.15) is 10.4 Å². The summed E-state index contributed by atoms with van der Waals surface area (Å²) >= 11 is 6.07. The van der Waals surface area contributed by atoms with E-state index in [0.717, 1.165) is 12.0 Å². The van der Waals surface area contributed by atoms with Gasteiger partial charge in [0.1, 0.15) is 5.02 Å². The molecule has 0 amide bonds. The van der Waals surface area contributed by atoms with Crippen molar-refractivity contribution < 1.29 is 0 Å². The largest absolute Gasteiger partial charge is 0.378 e. The Bertz CT molecular complexity index is 733. The lowest BCUT2D eigenvalue weighted by molar-refractivity contribution is 0.568. The number of nitrogens with zero attached hydrogens (tertiary/aromatic N) is 3. The predicted octanol–water partition coefficient (Wildman–Crippen LogP) is 2.79. The zero-order valence-electron chi connectivity index (χ0n) is 11.6. The van der Waals surface area contributed by atoms with Gasteiger partial charge in [0.15, 0.2) is 0 Å². The van der Waals surface area contributed by atoms with Crippen molar-refractivity contribution in [3.8, 4) is 6.07 Å². The van der Waals surface area contributed by atoms with Gasteiger partial charge in [-0.1, -0.05) is 30.7 Å². The van der Waals surface area contributed by atoms with Crippen LogP contribution in [0, 0.1) is 11.3 Å². The summed E-state index contributed by atoms with van der Waals surface area (Å²) in [6.07, 6.45) is 2.37. The van der Waals surface area contributed by atoms with E-state index in [4.69, 9.17) is 16.9 Å². The van der Waals surface area contributed by atoms with E-state index in [0.29, 0.717) is 24.3 Å². The number of rotatable bonds is 5. The number of anilines is 1. The molecule has 0 bridgehead atoms. The van der Waals surface area contributed by atoms with Gasteiger partial charge in [-0.05, 0) is 24.1 Å². The Kier molecular flexibility index (Phi) is 4.96. The summed E-state index contributed by atoms with van der Waals surface area (Å²) in [5.74, 6) is 0. The molecule has 0 spiro atoms. The van der Waals surface area contributed by atoms with Crippen LogP contribution >= 0.6 is 11.6 Å². The lowest BCUT2D eigenvalue weighted by Gasteiger charge is -2.10. The lowest BCUT2D eigenvalue weighted by atomic mass is 10.1. The van der Waals surface area contributed by atoms with Crippen LogP contribution in [0.5, 0.6) is 0 Å². The van der Waals surface area contributed by atoms with Crippen LogP contribution in [-0.4, -0.2) is 9.78 Å². The molecule has 0 aliphatic carbocycles. The quantitative estimate of drug-likeness (QED) is 0.922. The van der Waals surface area contributed by atoms with Crippen molar-refractivity contribution >= 4 is 17.3 Å². The number of aryl methyl sites for hydroxylation is 1. The molecule has 2 aromatic rings. The average molecular weight is 303 g/mol. The van der Waals surface area contributed by atoms with Gasteiger partial charge < -0.3 is 5.32 Å². The highest BCUT2D eigenvalue weighted by Gasteiger charge is 2.08. The highest BCUT2D eigenvalue weighted by Crippen LogP contribution is 2.16. The first-order valence-electron chi connectivity index (χ1n) is 6.64. The van der Waals surface area contributed by atoms with Gasteiger partial charge in [-0.3, -0.25) is 4.79 Å². The minimum absolute atomic E-state index is 0.134. The van der Waals surface area contributed by atoms with Gasteiger partial charge in [0, 0.05) is 13.1 Å². The van der Waals surface area contributed by atoms with Gasteiger partial charge >= 0.3 is 0 Å². The molecule has 0 unspecified atom stereocenters. The third kappa shape index (κ3) is 3.61. The molecule has 1 aromatic carbocycles. The van der Waals surface area contributed by atoms with Crippen LogP contribution in [0.1, 0.15) is 24.5 Å². The van der Waals surface area contributed by atoms with Crippen LogP contribution < -0.4 is 10.9 Å². The van der Waals surface area contributed by atoms with Crippen molar-refractivity contribution in [2.75, 3.05) is 5.32 Å². The Morgan fingerprint density at radius 2 is 2.29 bits per heavy atom. The van der Waals surface area contributed by atoms with Crippen molar-refractivity contribution in [2.24, 2.45) is 0 Å². The minimum atomic E-state index is -0.297. The van der Waals surface area contributed by atoms with Gasteiger partial charge in [0.2, 0.25) is 0 Å². The van der Waals surface area contributed by atoms with Crippen LogP contribution in [0.25, 0.3) is 0 Å². The molecular formula is C15H15ClN4O. The SMILES string of the molecule is CCCn1ncc(NCc2cccc(C#N)c2)c(Cl)c1=O. The van der Waals surface area contributed by atoms with E-state index in [9.17, 15) is 4.79 Å². The van der Waals surface area contributed by atoms with E-state index >= 15 is 0 Å². The second-order valence-electron chi connectivity index (χ2n) is 4.57. The molecule has 0 radical (unpaired) electrons. The van der Waals surface area contributed by atoms with Gasteiger partial charge in [0.25, 0.3) is 5.56 Å². The summed E-state index contributed by atoms with van der Waals surface area (Å²) in [5, 5.41) is 16.2. The Morgan fingerprint density at radius 3 is 3.00 bits per heavy atom. The van der Waals surface area contributed by atoms with E-state index < -0.39 is 0 Å². The molecule has 6 heteroatoms. The first-order chi connectivity index (χ1) is 10.2. The van der Waals surface area contributed by atoms with Crippen molar-refractivity contribution in [1.82, 2.24) is 9.78 Å². The van der Waals surface area contributed by atoms with E-state index in [1.807, 2.05) is 19.1 Å². The molecular weight excluding hydrogens is 288 g/mol. The van der Waals surface area contributed by atoms with Gasteiger partial charge in [0.05, 0.1) is 23.5 Å². The molecule has 21 heavy (non-hydrogen) atoms. The molecule has 0 saturated heterocycles. The molecule has 1 aromatic heterocycles. The number of hydrogen-bond acceptors (Lipinski definition) is 4. The zero-order chi connectivity index (χ0) is 15.2. The van der Waals surface area contributed by atoms with E-state index in [2.05, 4.69) is 16.5 Å². The van der Waals surface area contributed by atoms with Crippen LogP contribution in [0.15, 0.2) is 35.3 Å². The highest BCUT2D eigenvalue weighted by molar-refractivity contribution is 6.32. The molecule has 0 aliphatic rings. The maximum Gasteiger partial charge on any atom is 0.287 e. The minimum Gasteiger partial charge on any atom is -0.378 e. The number of hydrogen-bond donors (Lipinski definition) is 1. The van der Waals surface area contributed by atoms with Crippen LogP contribution in [-0.2, 0) is 13.1 Å². The molecule has 1 N–H and O–H groups in total. The van der Waals surface area contributed by atoms with E-state index in [-0.39, 0.29) is 10.6 Å². The first-order valence-corrected chi connectivity index (χ1v) is 7.02. The van der Waals surface area contributed by atoms with Crippen molar-refractivity contribution in [1.29, 1.82) is 5.26 Å². The third-order valence-electron chi connectivity index (χ3n) is 2.96. The van der Waals surface area contributed by atoms with Gasteiger partial charge in [-0.15, -0.1) is 0 Å². The summed E-state index contributed by atoms with van der Waals surface area (Å²) in [4.78, 5) is 12.0. The third-order valence-corrected chi connectivity index (χ3v) is 3.32. The Hall–Kier alpha value is -2.32. The number of nitriles is 1. The van der Waals surface area contributed by atoms with Gasteiger partial charge in [-0.25, -0.2) is 4.68 Å². The van der Waals surface area contributed by atoms with E-state index in [1.54, 1.807) is 18.3 Å². The Labute approximate surface area is 127 Å². The summed E-state index contributed by atoms with van der Waals surface area (Å²) in [6, 6.07) is 9.32. The van der Waals surface area contributed by atoms with Crippen LogP contribution in [0.2, 0.25) is 5.02 Å². The fourth-order valence-electron chi connectivity index (χ4n) is 1.91. The summed E-state index contributed by atoms with van der Waals surface area (Å²) in [6.45, 7) is 2.98. The lowest BCUT2D eigenvalue weighted by Crippen LogP contribution is -2.24. The molecule has 108 valence electrons. The Balaban J connectivity index is 2.15.